The molecule has 0 spiro atoms. The summed E-state index contributed by atoms with van der Waals surface area (Å²) >= 11 is 0. The van der Waals surface area contributed by atoms with Crippen LogP contribution in [-0.4, -0.2) is 6.29 Å². The highest BCUT2D eigenvalue weighted by molar-refractivity contribution is 5.64. The zero-order valence-electron chi connectivity index (χ0n) is 8.25. The largest absolute Gasteiger partial charge is 0.299 e. The molecular formula is C11H20O. The van der Waals surface area contributed by atoms with Crippen LogP contribution in [0.1, 0.15) is 46.0 Å². The third-order valence-corrected chi connectivity index (χ3v) is 1.87. The van der Waals surface area contributed by atoms with E-state index in [4.69, 9.17) is 0 Å². The normalized spacial score (nSPS) is 11.2. The molecule has 0 aromatic carbocycles. The fraction of sp³-hybridized carbons (Fsp3) is 0.727. The Morgan fingerprint density at radius 3 is 2.50 bits per heavy atom. The van der Waals surface area contributed by atoms with E-state index in [-0.39, 0.29) is 0 Å². The van der Waals surface area contributed by atoms with Crippen molar-refractivity contribution in [2.75, 3.05) is 0 Å². The van der Waals surface area contributed by atoms with Crippen molar-refractivity contribution in [1.82, 2.24) is 0 Å². The van der Waals surface area contributed by atoms with Gasteiger partial charge in [-0.1, -0.05) is 39.2 Å². The molecule has 0 aromatic rings. The van der Waals surface area contributed by atoms with Gasteiger partial charge in [-0.25, -0.2) is 0 Å². The van der Waals surface area contributed by atoms with Crippen LogP contribution in [0.15, 0.2) is 12.2 Å². The standard InChI is InChI=1S/C11H20O/c1-11(2)9-7-5-3-4-6-8-10-12/h6,8,10-11H,3-5,7,9H2,1-2H3. The average Bonchev–Trinajstić information content (AvgIpc) is 2.02. The minimum atomic E-state index is 0.829. The van der Waals surface area contributed by atoms with Gasteiger partial charge in [0.1, 0.15) is 6.29 Å². The third-order valence-electron chi connectivity index (χ3n) is 1.87. The first-order valence-electron chi connectivity index (χ1n) is 4.87. The van der Waals surface area contributed by atoms with Crippen molar-refractivity contribution in [3.05, 3.63) is 12.2 Å². The highest BCUT2D eigenvalue weighted by atomic mass is 16.1. The minimum Gasteiger partial charge on any atom is -0.299 e. The number of aldehydes is 1. The van der Waals surface area contributed by atoms with Gasteiger partial charge in [0.25, 0.3) is 0 Å². The van der Waals surface area contributed by atoms with Crippen LogP contribution in [0.4, 0.5) is 0 Å². The summed E-state index contributed by atoms with van der Waals surface area (Å²) in [6.45, 7) is 4.51. The van der Waals surface area contributed by atoms with Gasteiger partial charge in [0.15, 0.2) is 0 Å². The Kier molecular flexibility index (Phi) is 8.09. The van der Waals surface area contributed by atoms with Gasteiger partial charge in [-0.3, -0.25) is 4.79 Å². The second kappa shape index (κ2) is 8.51. The molecule has 0 aromatic heterocycles. The first-order valence-corrected chi connectivity index (χ1v) is 4.87. The summed E-state index contributed by atoms with van der Waals surface area (Å²) in [7, 11) is 0. The fourth-order valence-electron chi connectivity index (χ4n) is 1.14. The van der Waals surface area contributed by atoms with Gasteiger partial charge in [0.05, 0.1) is 0 Å². The lowest BCUT2D eigenvalue weighted by Crippen LogP contribution is -1.86. The Morgan fingerprint density at radius 1 is 1.17 bits per heavy atom. The molecule has 0 amide bonds. The zero-order valence-corrected chi connectivity index (χ0v) is 8.25. The second-order valence-electron chi connectivity index (χ2n) is 3.60. The van der Waals surface area contributed by atoms with Crippen molar-refractivity contribution in [1.29, 1.82) is 0 Å². The lowest BCUT2D eigenvalue weighted by Gasteiger charge is -2.02. The van der Waals surface area contributed by atoms with Crippen LogP contribution in [0, 0.1) is 5.92 Å². The van der Waals surface area contributed by atoms with Gasteiger partial charge in [-0.15, -0.1) is 0 Å². The average molecular weight is 168 g/mol. The molecule has 0 bridgehead atoms. The molecule has 0 saturated heterocycles. The minimum absolute atomic E-state index is 0.829. The summed E-state index contributed by atoms with van der Waals surface area (Å²) in [6.07, 6.45) is 10.6. The van der Waals surface area contributed by atoms with Crippen LogP contribution in [-0.2, 0) is 4.79 Å². The summed E-state index contributed by atoms with van der Waals surface area (Å²) in [4.78, 5) is 9.90. The molecule has 0 saturated carbocycles. The van der Waals surface area contributed by atoms with Gasteiger partial charge in [-0.2, -0.15) is 0 Å². The van der Waals surface area contributed by atoms with E-state index in [1.165, 1.54) is 25.7 Å². The van der Waals surface area contributed by atoms with Crippen molar-refractivity contribution in [3.63, 3.8) is 0 Å². The fourth-order valence-corrected chi connectivity index (χ4v) is 1.14. The van der Waals surface area contributed by atoms with Gasteiger partial charge in [0, 0.05) is 0 Å². The topological polar surface area (TPSA) is 17.1 Å². The molecule has 1 nitrogen and oxygen atoms in total. The van der Waals surface area contributed by atoms with E-state index in [0.717, 1.165) is 18.6 Å². The summed E-state index contributed by atoms with van der Waals surface area (Å²) < 4.78 is 0. The second-order valence-corrected chi connectivity index (χ2v) is 3.60. The SMILES string of the molecule is CC(C)CCCCCC=CC=O. The van der Waals surface area contributed by atoms with Gasteiger partial charge >= 0.3 is 0 Å². The molecule has 0 aliphatic carbocycles. The van der Waals surface area contributed by atoms with Crippen LogP contribution in [0.3, 0.4) is 0 Å². The van der Waals surface area contributed by atoms with E-state index in [1.54, 1.807) is 6.08 Å². The number of carbonyl (C=O) groups excluding carboxylic acids is 1. The number of hydrogen-bond acceptors (Lipinski definition) is 1. The summed E-state index contributed by atoms with van der Waals surface area (Å²) in [5.41, 5.74) is 0. The molecule has 0 aliphatic rings. The first kappa shape index (κ1) is 11.4. The first-order chi connectivity index (χ1) is 5.77. The maximum Gasteiger partial charge on any atom is 0.142 e. The highest BCUT2D eigenvalue weighted by Gasteiger charge is 1.92. The molecule has 12 heavy (non-hydrogen) atoms. The summed E-state index contributed by atoms with van der Waals surface area (Å²) in [5.74, 6) is 0.829. The number of hydrogen-bond donors (Lipinski definition) is 0. The lowest BCUT2D eigenvalue weighted by atomic mass is 10.0. The molecule has 0 N–H and O–H groups in total. The van der Waals surface area contributed by atoms with Gasteiger partial charge in [0.2, 0.25) is 0 Å². The molecule has 0 unspecified atom stereocenters. The van der Waals surface area contributed by atoms with Crippen molar-refractivity contribution >= 4 is 6.29 Å². The molecule has 0 radical (unpaired) electrons. The third kappa shape index (κ3) is 9.41. The molecule has 0 atom stereocenters. The molecule has 0 heterocycles. The quantitative estimate of drug-likeness (QED) is 0.324. The molecule has 0 rings (SSSR count). The Balaban J connectivity index is 3.00. The predicted molar refractivity (Wildman–Crippen MR) is 53.1 cm³/mol. The Labute approximate surface area is 75.9 Å². The predicted octanol–water partition coefficient (Wildman–Crippen LogP) is 3.35. The molecule has 70 valence electrons. The van der Waals surface area contributed by atoms with Crippen molar-refractivity contribution in [3.8, 4) is 0 Å². The van der Waals surface area contributed by atoms with E-state index in [1.807, 2.05) is 6.08 Å². The maximum atomic E-state index is 9.90. The van der Waals surface area contributed by atoms with Crippen LogP contribution in [0.2, 0.25) is 0 Å². The Hall–Kier alpha value is -0.590. The van der Waals surface area contributed by atoms with Crippen molar-refractivity contribution in [2.45, 2.75) is 46.0 Å². The monoisotopic (exact) mass is 168 g/mol. The van der Waals surface area contributed by atoms with E-state index in [2.05, 4.69) is 13.8 Å². The zero-order chi connectivity index (χ0) is 9.23. The highest BCUT2D eigenvalue weighted by Crippen LogP contribution is 2.09. The molecule has 0 aliphatic heterocycles. The number of rotatable bonds is 7. The van der Waals surface area contributed by atoms with Gasteiger partial charge < -0.3 is 0 Å². The van der Waals surface area contributed by atoms with Crippen molar-refractivity contribution in [2.24, 2.45) is 5.92 Å². The number of allylic oxidation sites excluding steroid dienone is 2. The maximum absolute atomic E-state index is 9.90. The van der Waals surface area contributed by atoms with E-state index < -0.39 is 0 Å². The Morgan fingerprint density at radius 2 is 1.92 bits per heavy atom. The number of unbranched alkanes of at least 4 members (excludes halogenated alkanes) is 3. The van der Waals surface area contributed by atoms with Crippen LogP contribution in [0.5, 0.6) is 0 Å². The van der Waals surface area contributed by atoms with Crippen LogP contribution >= 0.6 is 0 Å². The summed E-state index contributed by atoms with van der Waals surface area (Å²) in [5, 5.41) is 0. The van der Waals surface area contributed by atoms with Gasteiger partial charge in [-0.05, 0) is 24.8 Å². The lowest BCUT2D eigenvalue weighted by molar-refractivity contribution is -0.104. The van der Waals surface area contributed by atoms with Crippen LogP contribution in [0.25, 0.3) is 0 Å². The molecule has 1 heteroatoms. The molecule has 0 fully saturated rings. The van der Waals surface area contributed by atoms with Crippen LogP contribution < -0.4 is 0 Å². The number of carbonyl (C=O) groups is 1. The summed E-state index contributed by atoms with van der Waals surface area (Å²) in [6, 6.07) is 0. The van der Waals surface area contributed by atoms with Crippen molar-refractivity contribution < 1.29 is 4.79 Å². The molecular weight excluding hydrogens is 148 g/mol. The van der Waals surface area contributed by atoms with E-state index in [9.17, 15) is 4.79 Å². The Bertz CT molecular complexity index is 125. The van der Waals surface area contributed by atoms with E-state index >= 15 is 0 Å². The smallest absolute Gasteiger partial charge is 0.142 e. The van der Waals surface area contributed by atoms with E-state index in [0.29, 0.717) is 0 Å².